The van der Waals surface area contributed by atoms with Gasteiger partial charge >= 0.3 is 5.97 Å². The zero-order valence-corrected chi connectivity index (χ0v) is 15.3. The molecule has 3 aromatic rings. The van der Waals surface area contributed by atoms with Gasteiger partial charge < -0.3 is 14.8 Å². The van der Waals surface area contributed by atoms with Crippen LogP contribution in [-0.4, -0.2) is 28.8 Å². The first-order chi connectivity index (χ1) is 13.5. The summed E-state index contributed by atoms with van der Waals surface area (Å²) in [5.41, 5.74) is 1.80. The van der Waals surface area contributed by atoms with Crippen molar-refractivity contribution in [3.63, 3.8) is 0 Å². The topological polar surface area (TPSA) is 96.6 Å². The maximum Gasteiger partial charge on any atom is 0.326 e. The number of benzene rings is 2. The number of amides is 1. The first-order valence-corrected chi connectivity index (χ1v) is 9.50. The van der Waals surface area contributed by atoms with Crippen molar-refractivity contribution >= 4 is 39.6 Å². The number of ketones is 1. The predicted molar refractivity (Wildman–Crippen MR) is 104 cm³/mol. The van der Waals surface area contributed by atoms with Gasteiger partial charge in [-0.3, -0.25) is 9.59 Å². The molecule has 1 unspecified atom stereocenters. The Hall–Kier alpha value is -3.15. The third kappa shape index (κ3) is 3.50. The minimum atomic E-state index is -1.22. The molecule has 0 saturated heterocycles. The molecule has 0 spiro atoms. The number of carbonyl (C=O) groups excluding carboxylic acids is 2. The lowest BCUT2D eigenvalue weighted by molar-refractivity contribution is -0.142. The molecular weight excluding hydrogens is 358 g/mol. The number of Topliss-reactive ketones (excluding diaryl/α,β-unsaturated/α-hetero) is 1. The number of fused-ring (bicyclic) bond motifs is 3. The summed E-state index contributed by atoms with van der Waals surface area (Å²) in [7, 11) is 0. The van der Waals surface area contributed by atoms with E-state index in [0.717, 1.165) is 42.0 Å². The van der Waals surface area contributed by atoms with Crippen molar-refractivity contribution in [3.05, 3.63) is 48.0 Å². The molecule has 1 aliphatic rings. The summed E-state index contributed by atoms with van der Waals surface area (Å²) in [5.74, 6) is -1.94. The number of carbonyl (C=O) groups is 3. The van der Waals surface area contributed by atoms with E-state index in [1.807, 2.05) is 24.3 Å². The number of para-hydroxylation sites is 1. The van der Waals surface area contributed by atoms with Crippen LogP contribution in [0.4, 0.5) is 0 Å². The molecule has 2 aromatic carbocycles. The van der Waals surface area contributed by atoms with E-state index >= 15 is 0 Å². The van der Waals surface area contributed by atoms with E-state index in [1.54, 1.807) is 18.2 Å². The second-order valence-electron chi connectivity index (χ2n) is 7.32. The SMILES string of the molecule is O=C(CC(NC(=O)C1CCCC1)C(=O)O)c1ccc2oc3ccccc3c2c1. The molecule has 1 atom stereocenters. The van der Waals surface area contributed by atoms with E-state index in [4.69, 9.17) is 4.42 Å². The molecule has 2 N–H and O–H groups in total. The Morgan fingerprint density at radius 3 is 2.50 bits per heavy atom. The van der Waals surface area contributed by atoms with Crippen molar-refractivity contribution in [2.24, 2.45) is 5.92 Å². The average Bonchev–Trinajstić information content (AvgIpc) is 3.34. The Labute approximate surface area is 161 Å². The molecule has 1 fully saturated rings. The minimum absolute atomic E-state index is 0.148. The Kier molecular flexibility index (Phi) is 4.86. The molecule has 0 aliphatic heterocycles. The molecule has 28 heavy (non-hydrogen) atoms. The zero-order valence-electron chi connectivity index (χ0n) is 15.3. The smallest absolute Gasteiger partial charge is 0.326 e. The minimum Gasteiger partial charge on any atom is -0.480 e. The fraction of sp³-hybridized carbons (Fsp3) is 0.318. The lowest BCUT2D eigenvalue weighted by atomic mass is 10.0. The molecule has 1 aromatic heterocycles. The van der Waals surface area contributed by atoms with E-state index in [0.29, 0.717) is 11.1 Å². The molecule has 1 aliphatic carbocycles. The quantitative estimate of drug-likeness (QED) is 0.633. The highest BCUT2D eigenvalue weighted by Crippen LogP contribution is 2.29. The molecule has 144 valence electrons. The van der Waals surface area contributed by atoms with Crippen LogP contribution < -0.4 is 5.32 Å². The third-order valence-electron chi connectivity index (χ3n) is 5.43. The van der Waals surface area contributed by atoms with Gasteiger partial charge in [0.1, 0.15) is 17.2 Å². The lowest BCUT2D eigenvalue weighted by Gasteiger charge is -2.16. The number of furan rings is 1. The highest BCUT2D eigenvalue weighted by atomic mass is 16.4. The first-order valence-electron chi connectivity index (χ1n) is 9.50. The average molecular weight is 379 g/mol. The van der Waals surface area contributed by atoms with Crippen LogP contribution in [0.2, 0.25) is 0 Å². The summed E-state index contributed by atoms with van der Waals surface area (Å²) in [6.07, 6.45) is 3.22. The van der Waals surface area contributed by atoms with Crippen LogP contribution in [0.5, 0.6) is 0 Å². The van der Waals surface area contributed by atoms with E-state index < -0.39 is 12.0 Å². The van der Waals surface area contributed by atoms with Crippen LogP contribution in [0.25, 0.3) is 21.9 Å². The van der Waals surface area contributed by atoms with Gasteiger partial charge in [0, 0.05) is 28.7 Å². The summed E-state index contributed by atoms with van der Waals surface area (Å²) in [6.45, 7) is 0. The number of hydrogen-bond acceptors (Lipinski definition) is 4. The van der Waals surface area contributed by atoms with Gasteiger partial charge in [-0.2, -0.15) is 0 Å². The monoisotopic (exact) mass is 379 g/mol. The van der Waals surface area contributed by atoms with Crippen molar-refractivity contribution < 1.29 is 23.9 Å². The lowest BCUT2D eigenvalue weighted by Crippen LogP contribution is -2.44. The van der Waals surface area contributed by atoms with Gasteiger partial charge in [-0.25, -0.2) is 4.79 Å². The Morgan fingerprint density at radius 2 is 1.75 bits per heavy atom. The Morgan fingerprint density at radius 1 is 1.04 bits per heavy atom. The van der Waals surface area contributed by atoms with Crippen LogP contribution in [0.15, 0.2) is 46.9 Å². The number of nitrogens with one attached hydrogen (secondary N) is 1. The van der Waals surface area contributed by atoms with Gasteiger partial charge in [0.15, 0.2) is 5.78 Å². The van der Waals surface area contributed by atoms with Gasteiger partial charge in [0.2, 0.25) is 5.91 Å². The highest BCUT2D eigenvalue weighted by Gasteiger charge is 2.29. The second-order valence-corrected chi connectivity index (χ2v) is 7.32. The Bertz CT molecular complexity index is 1060. The van der Waals surface area contributed by atoms with Crippen molar-refractivity contribution in [2.45, 2.75) is 38.1 Å². The van der Waals surface area contributed by atoms with Gasteiger partial charge in [-0.1, -0.05) is 31.0 Å². The number of carboxylic acids is 1. The molecule has 6 nitrogen and oxygen atoms in total. The molecule has 0 bridgehead atoms. The highest BCUT2D eigenvalue weighted by molar-refractivity contribution is 6.09. The fourth-order valence-corrected chi connectivity index (χ4v) is 3.88. The maximum absolute atomic E-state index is 12.7. The van der Waals surface area contributed by atoms with Gasteiger partial charge in [-0.05, 0) is 37.1 Å². The largest absolute Gasteiger partial charge is 0.480 e. The number of carboxylic acid groups (broad SMARTS) is 1. The van der Waals surface area contributed by atoms with Crippen LogP contribution >= 0.6 is 0 Å². The number of rotatable bonds is 6. The van der Waals surface area contributed by atoms with Crippen molar-refractivity contribution in [3.8, 4) is 0 Å². The summed E-state index contributed by atoms with van der Waals surface area (Å²) < 4.78 is 5.75. The molecule has 0 radical (unpaired) electrons. The van der Waals surface area contributed by atoms with Crippen LogP contribution in [0.3, 0.4) is 0 Å². The Balaban J connectivity index is 1.54. The summed E-state index contributed by atoms with van der Waals surface area (Å²) in [5, 5.41) is 13.7. The van der Waals surface area contributed by atoms with Crippen LogP contribution in [0, 0.1) is 5.92 Å². The first kappa shape index (κ1) is 18.2. The van der Waals surface area contributed by atoms with E-state index in [2.05, 4.69) is 5.32 Å². The van der Waals surface area contributed by atoms with E-state index in [9.17, 15) is 19.5 Å². The van der Waals surface area contributed by atoms with E-state index in [-0.39, 0.29) is 24.0 Å². The van der Waals surface area contributed by atoms with E-state index in [1.165, 1.54) is 0 Å². The summed E-state index contributed by atoms with van der Waals surface area (Å²) in [6, 6.07) is 11.4. The van der Waals surface area contributed by atoms with Crippen molar-refractivity contribution in [1.82, 2.24) is 5.32 Å². The molecule has 1 amide bonds. The number of aliphatic carboxylic acids is 1. The maximum atomic E-state index is 12.7. The zero-order chi connectivity index (χ0) is 19.7. The van der Waals surface area contributed by atoms with Gasteiger partial charge in [-0.15, -0.1) is 0 Å². The molecule has 4 rings (SSSR count). The molecule has 1 saturated carbocycles. The van der Waals surface area contributed by atoms with Gasteiger partial charge in [0.25, 0.3) is 0 Å². The fourth-order valence-electron chi connectivity index (χ4n) is 3.88. The second kappa shape index (κ2) is 7.46. The summed E-state index contributed by atoms with van der Waals surface area (Å²) in [4.78, 5) is 36.6. The van der Waals surface area contributed by atoms with Crippen molar-refractivity contribution in [2.75, 3.05) is 0 Å². The normalized spacial score (nSPS) is 15.7. The molecule has 6 heteroatoms. The number of hydrogen-bond donors (Lipinski definition) is 2. The standard InChI is InChI=1S/C22H21NO5/c24-18(12-17(22(26)27)23-21(25)13-5-1-2-6-13)14-9-10-20-16(11-14)15-7-3-4-8-19(15)28-20/h3-4,7-11,13,17H,1-2,5-6,12H2,(H,23,25)(H,26,27). The van der Waals surface area contributed by atoms with Crippen LogP contribution in [-0.2, 0) is 9.59 Å². The van der Waals surface area contributed by atoms with Crippen molar-refractivity contribution in [1.29, 1.82) is 0 Å². The molecular formula is C22H21NO5. The predicted octanol–water partition coefficient (Wildman–Crippen LogP) is 3.92. The van der Waals surface area contributed by atoms with Gasteiger partial charge in [0.05, 0.1) is 0 Å². The van der Waals surface area contributed by atoms with Crippen LogP contribution in [0.1, 0.15) is 42.5 Å². The molecule has 1 heterocycles. The third-order valence-corrected chi connectivity index (χ3v) is 5.43. The summed E-state index contributed by atoms with van der Waals surface area (Å²) >= 11 is 0.